The molecule has 138 valence electrons. The summed E-state index contributed by atoms with van der Waals surface area (Å²) in [6.45, 7) is 10.4. The molecule has 0 bridgehead atoms. The third kappa shape index (κ3) is 5.53. The highest BCUT2D eigenvalue weighted by Gasteiger charge is 2.21. The Bertz CT molecular complexity index is 568. The first-order valence-electron chi connectivity index (χ1n) is 9.54. The van der Waals surface area contributed by atoms with E-state index in [1.807, 2.05) is 0 Å². The van der Waals surface area contributed by atoms with Gasteiger partial charge in [0.2, 0.25) is 5.91 Å². The Balaban J connectivity index is 1.32. The van der Waals surface area contributed by atoms with Gasteiger partial charge in [-0.05, 0) is 37.8 Å². The largest absolute Gasteiger partial charge is 0.373 e. The molecular weight excluding hydrogens is 314 g/mol. The van der Waals surface area contributed by atoms with Crippen LogP contribution in [0, 0.1) is 0 Å². The maximum absolute atomic E-state index is 12.2. The maximum Gasteiger partial charge on any atom is 0.234 e. The summed E-state index contributed by atoms with van der Waals surface area (Å²) in [7, 11) is 0. The molecule has 25 heavy (non-hydrogen) atoms. The van der Waals surface area contributed by atoms with Crippen molar-refractivity contribution in [2.75, 3.05) is 39.3 Å². The fraction of sp³-hybridized carbons (Fsp3) is 0.650. The van der Waals surface area contributed by atoms with Crippen LogP contribution in [0.5, 0.6) is 0 Å². The smallest absolute Gasteiger partial charge is 0.234 e. The van der Waals surface area contributed by atoms with E-state index in [9.17, 15) is 4.79 Å². The number of benzene rings is 1. The number of ether oxygens (including phenoxy) is 1. The molecule has 0 aromatic heterocycles. The van der Waals surface area contributed by atoms with Crippen molar-refractivity contribution in [2.45, 2.75) is 45.4 Å². The Kier molecular flexibility index (Phi) is 6.45. The molecule has 1 aromatic rings. The van der Waals surface area contributed by atoms with Crippen molar-refractivity contribution >= 4 is 5.91 Å². The maximum atomic E-state index is 12.2. The van der Waals surface area contributed by atoms with E-state index < -0.39 is 0 Å². The molecule has 0 unspecified atom stereocenters. The number of hydrogen-bond acceptors (Lipinski definition) is 4. The molecule has 5 nitrogen and oxygen atoms in total. The Hall–Kier alpha value is -1.43. The van der Waals surface area contributed by atoms with E-state index in [0.717, 1.165) is 52.1 Å². The molecule has 1 aromatic carbocycles. The van der Waals surface area contributed by atoms with E-state index in [2.05, 4.69) is 53.2 Å². The fourth-order valence-corrected chi connectivity index (χ4v) is 3.95. The summed E-state index contributed by atoms with van der Waals surface area (Å²) in [5.41, 5.74) is 2.78. The lowest BCUT2D eigenvalue weighted by atomic mass is 10.00. The Morgan fingerprint density at radius 2 is 1.88 bits per heavy atom. The zero-order chi connectivity index (χ0) is 17.6. The molecule has 2 heterocycles. The fourth-order valence-electron chi connectivity index (χ4n) is 3.95. The normalized spacial score (nSPS) is 24.7. The number of fused-ring (bicyclic) bond motifs is 1. The molecular formula is C20H31N3O2. The van der Waals surface area contributed by atoms with Gasteiger partial charge in [-0.25, -0.2) is 0 Å². The third-order valence-corrected chi connectivity index (χ3v) is 5.05. The SMILES string of the molecule is C[C@@H]1CN(CCCNC(=O)CN2CCc3ccccc3C2)C[C@@H](C)O1. The predicted molar refractivity (Wildman–Crippen MR) is 99.5 cm³/mol. The molecule has 2 aliphatic rings. The lowest BCUT2D eigenvalue weighted by molar-refractivity contribution is -0.122. The van der Waals surface area contributed by atoms with E-state index in [1.165, 1.54) is 11.1 Å². The molecule has 2 atom stereocenters. The van der Waals surface area contributed by atoms with Gasteiger partial charge in [-0.15, -0.1) is 0 Å². The lowest BCUT2D eigenvalue weighted by Gasteiger charge is -2.35. The Labute approximate surface area is 151 Å². The molecule has 0 spiro atoms. The first-order valence-corrected chi connectivity index (χ1v) is 9.54. The quantitative estimate of drug-likeness (QED) is 0.797. The third-order valence-electron chi connectivity index (χ3n) is 5.05. The minimum absolute atomic E-state index is 0.142. The number of carbonyl (C=O) groups excluding carboxylic acids is 1. The second kappa shape index (κ2) is 8.79. The molecule has 1 fully saturated rings. The number of nitrogens with one attached hydrogen (secondary N) is 1. The Morgan fingerprint density at radius 1 is 1.16 bits per heavy atom. The number of rotatable bonds is 6. The average molecular weight is 345 g/mol. The van der Waals surface area contributed by atoms with Crippen LogP contribution >= 0.6 is 0 Å². The van der Waals surface area contributed by atoms with Gasteiger partial charge < -0.3 is 10.1 Å². The second-order valence-corrected chi connectivity index (χ2v) is 7.45. The summed E-state index contributed by atoms with van der Waals surface area (Å²) in [4.78, 5) is 16.9. The van der Waals surface area contributed by atoms with Crippen molar-refractivity contribution in [2.24, 2.45) is 0 Å². The van der Waals surface area contributed by atoms with Crippen LogP contribution in [0.3, 0.4) is 0 Å². The van der Waals surface area contributed by atoms with Gasteiger partial charge in [0.1, 0.15) is 0 Å². The van der Waals surface area contributed by atoms with Gasteiger partial charge >= 0.3 is 0 Å². The number of hydrogen-bond donors (Lipinski definition) is 1. The van der Waals surface area contributed by atoms with Crippen LogP contribution in [0.4, 0.5) is 0 Å². The Morgan fingerprint density at radius 3 is 2.64 bits per heavy atom. The van der Waals surface area contributed by atoms with Crippen LogP contribution in [0.2, 0.25) is 0 Å². The topological polar surface area (TPSA) is 44.8 Å². The zero-order valence-corrected chi connectivity index (χ0v) is 15.5. The molecule has 0 saturated carbocycles. The number of morpholine rings is 1. The molecule has 1 saturated heterocycles. The minimum Gasteiger partial charge on any atom is -0.373 e. The summed E-state index contributed by atoms with van der Waals surface area (Å²) in [5, 5.41) is 3.08. The first-order chi connectivity index (χ1) is 12.1. The second-order valence-electron chi connectivity index (χ2n) is 7.45. The van der Waals surface area contributed by atoms with Crippen molar-refractivity contribution in [1.82, 2.24) is 15.1 Å². The van der Waals surface area contributed by atoms with E-state index in [1.54, 1.807) is 0 Å². The molecule has 0 aliphatic carbocycles. The molecule has 0 radical (unpaired) electrons. The van der Waals surface area contributed by atoms with E-state index in [-0.39, 0.29) is 5.91 Å². The van der Waals surface area contributed by atoms with Crippen LogP contribution in [-0.4, -0.2) is 67.2 Å². The van der Waals surface area contributed by atoms with Gasteiger partial charge in [0, 0.05) is 39.3 Å². The first kappa shape index (κ1) is 18.4. The molecule has 2 aliphatic heterocycles. The van der Waals surface area contributed by atoms with Crippen LogP contribution in [0.15, 0.2) is 24.3 Å². The van der Waals surface area contributed by atoms with Crippen LogP contribution in [0.25, 0.3) is 0 Å². The van der Waals surface area contributed by atoms with Crippen molar-refractivity contribution < 1.29 is 9.53 Å². The van der Waals surface area contributed by atoms with Gasteiger partial charge in [-0.1, -0.05) is 24.3 Å². The molecule has 1 N–H and O–H groups in total. The monoisotopic (exact) mass is 345 g/mol. The van der Waals surface area contributed by atoms with Gasteiger partial charge in [0.25, 0.3) is 0 Å². The minimum atomic E-state index is 0.142. The summed E-state index contributed by atoms with van der Waals surface area (Å²) in [6, 6.07) is 8.54. The van der Waals surface area contributed by atoms with Crippen molar-refractivity contribution in [3.63, 3.8) is 0 Å². The highest BCUT2D eigenvalue weighted by molar-refractivity contribution is 5.78. The van der Waals surface area contributed by atoms with Crippen molar-refractivity contribution in [3.8, 4) is 0 Å². The number of nitrogens with zero attached hydrogens (tertiary/aromatic N) is 2. The van der Waals surface area contributed by atoms with Crippen LogP contribution < -0.4 is 5.32 Å². The van der Waals surface area contributed by atoms with Crippen molar-refractivity contribution in [1.29, 1.82) is 0 Å². The zero-order valence-electron chi connectivity index (χ0n) is 15.5. The van der Waals surface area contributed by atoms with Crippen LogP contribution in [0.1, 0.15) is 31.4 Å². The van der Waals surface area contributed by atoms with E-state index >= 15 is 0 Å². The van der Waals surface area contributed by atoms with Crippen molar-refractivity contribution in [3.05, 3.63) is 35.4 Å². The highest BCUT2D eigenvalue weighted by atomic mass is 16.5. The average Bonchev–Trinajstić information content (AvgIpc) is 2.58. The predicted octanol–water partition coefficient (Wildman–Crippen LogP) is 1.66. The summed E-state index contributed by atoms with van der Waals surface area (Å²) < 4.78 is 5.75. The standard InChI is InChI=1S/C20H31N3O2/c1-16-12-22(13-17(2)25-16)10-5-9-21-20(24)15-23-11-8-18-6-3-4-7-19(18)14-23/h3-4,6-7,16-17H,5,8-15H2,1-2H3,(H,21,24)/t16-,17-/m1/s1. The molecule has 3 rings (SSSR count). The van der Waals surface area contributed by atoms with Crippen LogP contribution in [-0.2, 0) is 22.5 Å². The van der Waals surface area contributed by atoms with Gasteiger partial charge in [0.05, 0.1) is 18.8 Å². The number of amides is 1. The summed E-state index contributed by atoms with van der Waals surface area (Å²) in [5.74, 6) is 0.142. The molecule has 1 amide bonds. The summed E-state index contributed by atoms with van der Waals surface area (Å²) >= 11 is 0. The number of carbonyl (C=O) groups is 1. The van der Waals surface area contributed by atoms with Gasteiger partial charge in [0.15, 0.2) is 0 Å². The van der Waals surface area contributed by atoms with Gasteiger partial charge in [-0.3, -0.25) is 14.6 Å². The van der Waals surface area contributed by atoms with Gasteiger partial charge in [-0.2, -0.15) is 0 Å². The summed E-state index contributed by atoms with van der Waals surface area (Å²) in [6.07, 6.45) is 2.64. The van der Waals surface area contributed by atoms with E-state index in [4.69, 9.17) is 4.74 Å². The highest BCUT2D eigenvalue weighted by Crippen LogP contribution is 2.17. The molecule has 5 heteroatoms. The lowest BCUT2D eigenvalue weighted by Crippen LogP contribution is -2.46. The van der Waals surface area contributed by atoms with E-state index in [0.29, 0.717) is 18.8 Å².